The van der Waals surface area contributed by atoms with Gasteiger partial charge in [0.1, 0.15) is 17.5 Å². The number of hydrogen-bond acceptors (Lipinski definition) is 5. The van der Waals surface area contributed by atoms with Crippen molar-refractivity contribution in [3.05, 3.63) is 47.9 Å². The molecule has 8 heteroatoms. The van der Waals surface area contributed by atoms with Crippen molar-refractivity contribution in [3.63, 3.8) is 0 Å². The number of rotatable bonds is 2. The van der Waals surface area contributed by atoms with E-state index in [2.05, 4.69) is 15.1 Å². The first-order chi connectivity index (χ1) is 11.6. The lowest BCUT2D eigenvalue weighted by Gasteiger charge is -2.32. The smallest absolute Gasteiger partial charge is 0.259 e. The Hall–Kier alpha value is -2.74. The Bertz CT molecular complexity index is 899. The Morgan fingerprint density at radius 2 is 2.29 bits per heavy atom. The molecule has 0 saturated carbocycles. The molecule has 8 nitrogen and oxygen atoms in total. The molecular formula is C16H18N6O2. The fourth-order valence-corrected chi connectivity index (χ4v) is 3.07. The van der Waals surface area contributed by atoms with E-state index in [-0.39, 0.29) is 12.0 Å². The van der Waals surface area contributed by atoms with Gasteiger partial charge in [-0.05, 0) is 13.0 Å². The van der Waals surface area contributed by atoms with Gasteiger partial charge >= 0.3 is 0 Å². The van der Waals surface area contributed by atoms with E-state index in [0.29, 0.717) is 30.9 Å². The second-order valence-corrected chi connectivity index (χ2v) is 5.91. The van der Waals surface area contributed by atoms with Gasteiger partial charge in [0.2, 0.25) is 0 Å². The molecule has 0 aliphatic carbocycles. The SMILES string of the molecule is Cc1cn(C)c([C@H]2CN(C(=O)c3cnn4cccnc34)CCO2)n1. The summed E-state index contributed by atoms with van der Waals surface area (Å²) >= 11 is 0. The molecule has 1 fully saturated rings. The molecule has 0 N–H and O–H groups in total. The van der Waals surface area contributed by atoms with E-state index in [0.717, 1.165) is 11.5 Å². The molecule has 1 saturated heterocycles. The summed E-state index contributed by atoms with van der Waals surface area (Å²) in [5, 5.41) is 4.19. The van der Waals surface area contributed by atoms with E-state index in [9.17, 15) is 4.79 Å². The predicted octanol–water partition coefficient (Wildman–Crippen LogP) is 0.985. The number of aromatic nitrogens is 5. The molecule has 3 aromatic rings. The van der Waals surface area contributed by atoms with Gasteiger partial charge in [0.15, 0.2) is 5.65 Å². The van der Waals surface area contributed by atoms with Crippen molar-refractivity contribution in [2.75, 3.05) is 19.7 Å². The van der Waals surface area contributed by atoms with Crippen molar-refractivity contribution in [1.29, 1.82) is 0 Å². The highest BCUT2D eigenvalue weighted by Crippen LogP contribution is 2.23. The van der Waals surface area contributed by atoms with Crippen LogP contribution in [0.1, 0.15) is 28.0 Å². The third kappa shape index (κ3) is 2.44. The molecule has 1 aliphatic heterocycles. The van der Waals surface area contributed by atoms with Gasteiger partial charge in [0.25, 0.3) is 5.91 Å². The Labute approximate surface area is 138 Å². The fourth-order valence-electron chi connectivity index (χ4n) is 3.07. The monoisotopic (exact) mass is 326 g/mol. The van der Waals surface area contributed by atoms with Gasteiger partial charge in [0.05, 0.1) is 25.0 Å². The molecule has 0 aromatic carbocycles. The van der Waals surface area contributed by atoms with Crippen LogP contribution in [0.2, 0.25) is 0 Å². The number of hydrogen-bond donors (Lipinski definition) is 0. The number of ether oxygens (including phenoxy) is 1. The minimum Gasteiger partial charge on any atom is -0.367 e. The van der Waals surface area contributed by atoms with Gasteiger partial charge in [-0.3, -0.25) is 4.79 Å². The molecule has 0 bridgehead atoms. The molecule has 1 amide bonds. The number of carbonyl (C=O) groups is 1. The van der Waals surface area contributed by atoms with E-state index in [1.54, 1.807) is 34.1 Å². The number of aryl methyl sites for hydroxylation is 2. The maximum Gasteiger partial charge on any atom is 0.259 e. The summed E-state index contributed by atoms with van der Waals surface area (Å²) in [6.07, 6.45) is 6.73. The number of amides is 1. The first-order valence-electron chi connectivity index (χ1n) is 7.82. The third-order valence-corrected chi connectivity index (χ3v) is 4.18. The summed E-state index contributed by atoms with van der Waals surface area (Å²) in [6.45, 7) is 3.44. The molecule has 24 heavy (non-hydrogen) atoms. The zero-order chi connectivity index (χ0) is 16.7. The Morgan fingerprint density at radius 1 is 1.42 bits per heavy atom. The summed E-state index contributed by atoms with van der Waals surface area (Å²) in [5.41, 5.74) is 2.01. The molecule has 4 rings (SSSR count). The quantitative estimate of drug-likeness (QED) is 0.702. The van der Waals surface area contributed by atoms with Crippen LogP contribution in [0, 0.1) is 6.92 Å². The van der Waals surface area contributed by atoms with Crippen molar-refractivity contribution >= 4 is 11.6 Å². The largest absolute Gasteiger partial charge is 0.367 e. The highest BCUT2D eigenvalue weighted by atomic mass is 16.5. The van der Waals surface area contributed by atoms with Gasteiger partial charge in [-0.2, -0.15) is 5.10 Å². The summed E-state index contributed by atoms with van der Waals surface area (Å²) in [5.74, 6) is 0.755. The molecule has 3 aromatic heterocycles. The Kier molecular flexibility index (Phi) is 3.53. The van der Waals surface area contributed by atoms with Crippen LogP contribution in [0.4, 0.5) is 0 Å². The van der Waals surface area contributed by atoms with E-state index in [1.165, 1.54) is 0 Å². The normalized spacial score (nSPS) is 18.2. The Morgan fingerprint density at radius 3 is 3.08 bits per heavy atom. The molecule has 4 heterocycles. The molecular weight excluding hydrogens is 308 g/mol. The molecule has 1 atom stereocenters. The molecule has 0 spiro atoms. The maximum absolute atomic E-state index is 12.9. The average molecular weight is 326 g/mol. The number of morpholine rings is 1. The third-order valence-electron chi connectivity index (χ3n) is 4.18. The van der Waals surface area contributed by atoms with E-state index in [4.69, 9.17) is 4.74 Å². The fraction of sp³-hybridized carbons (Fsp3) is 0.375. The van der Waals surface area contributed by atoms with Crippen LogP contribution < -0.4 is 0 Å². The predicted molar refractivity (Wildman–Crippen MR) is 85.5 cm³/mol. The van der Waals surface area contributed by atoms with Crippen LogP contribution in [0.25, 0.3) is 5.65 Å². The summed E-state index contributed by atoms with van der Waals surface area (Å²) in [6, 6.07) is 1.78. The van der Waals surface area contributed by atoms with E-state index >= 15 is 0 Å². The van der Waals surface area contributed by atoms with Crippen LogP contribution in [0.15, 0.2) is 30.9 Å². The summed E-state index contributed by atoms with van der Waals surface area (Å²) < 4.78 is 9.38. The molecule has 1 aliphatic rings. The van der Waals surface area contributed by atoms with Crippen LogP contribution in [0.3, 0.4) is 0 Å². The number of imidazole rings is 1. The minimum absolute atomic E-state index is 0.0806. The minimum atomic E-state index is -0.226. The van der Waals surface area contributed by atoms with Crippen LogP contribution in [0.5, 0.6) is 0 Å². The Balaban J connectivity index is 1.60. The van der Waals surface area contributed by atoms with Gasteiger partial charge < -0.3 is 14.2 Å². The number of nitrogens with zero attached hydrogens (tertiary/aromatic N) is 6. The highest BCUT2D eigenvalue weighted by molar-refractivity contribution is 5.99. The maximum atomic E-state index is 12.9. The molecule has 124 valence electrons. The van der Waals surface area contributed by atoms with Crippen molar-refractivity contribution in [2.24, 2.45) is 7.05 Å². The van der Waals surface area contributed by atoms with Gasteiger partial charge in [-0.25, -0.2) is 14.5 Å². The van der Waals surface area contributed by atoms with Crippen LogP contribution in [-0.4, -0.2) is 54.7 Å². The van der Waals surface area contributed by atoms with Crippen molar-refractivity contribution in [3.8, 4) is 0 Å². The second-order valence-electron chi connectivity index (χ2n) is 5.91. The number of fused-ring (bicyclic) bond motifs is 1. The first kappa shape index (κ1) is 14.8. The van der Waals surface area contributed by atoms with Crippen molar-refractivity contribution in [2.45, 2.75) is 13.0 Å². The number of carbonyl (C=O) groups excluding carboxylic acids is 1. The molecule has 0 radical (unpaired) electrons. The summed E-state index contributed by atoms with van der Waals surface area (Å²) in [4.78, 5) is 23.4. The van der Waals surface area contributed by atoms with Gasteiger partial charge in [-0.1, -0.05) is 0 Å². The second kappa shape index (κ2) is 5.72. The van der Waals surface area contributed by atoms with Crippen molar-refractivity contribution in [1.82, 2.24) is 29.0 Å². The van der Waals surface area contributed by atoms with Gasteiger partial charge in [0, 0.05) is 32.2 Å². The lowest BCUT2D eigenvalue weighted by molar-refractivity contribution is -0.0279. The topological polar surface area (TPSA) is 77.6 Å². The van der Waals surface area contributed by atoms with Crippen LogP contribution in [-0.2, 0) is 11.8 Å². The van der Waals surface area contributed by atoms with Gasteiger partial charge in [-0.15, -0.1) is 0 Å². The van der Waals surface area contributed by atoms with E-state index < -0.39 is 0 Å². The lowest BCUT2D eigenvalue weighted by Crippen LogP contribution is -2.42. The van der Waals surface area contributed by atoms with E-state index in [1.807, 2.05) is 24.7 Å². The molecule has 0 unspecified atom stereocenters. The van der Waals surface area contributed by atoms with Crippen molar-refractivity contribution < 1.29 is 9.53 Å². The zero-order valence-corrected chi connectivity index (χ0v) is 13.6. The standard InChI is InChI=1S/C16H18N6O2/c1-11-9-20(2)15(19-11)13-10-21(6-7-24-13)16(23)12-8-18-22-5-3-4-17-14(12)22/h3-5,8-9,13H,6-7,10H2,1-2H3/t13-/m1/s1. The lowest BCUT2D eigenvalue weighted by atomic mass is 10.2. The highest BCUT2D eigenvalue weighted by Gasteiger charge is 2.30. The first-order valence-corrected chi connectivity index (χ1v) is 7.82. The summed E-state index contributed by atoms with van der Waals surface area (Å²) in [7, 11) is 1.94. The zero-order valence-electron chi connectivity index (χ0n) is 13.6. The van der Waals surface area contributed by atoms with Crippen LogP contribution >= 0.6 is 0 Å². The average Bonchev–Trinajstić information content (AvgIpc) is 3.17.